The third-order valence-electron chi connectivity index (χ3n) is 4.09. The van der Waals surface area contributed by atoms with Crippen LogP contribution in [-0.2, 0) is 12.4 Å². The normalized spacial score (nSPS) is 16.1. The van der Waals surface area contributed by atoms with Crippen LogP contribution in [0.1, 0.15) is 37.1 Å². The van der Waals surface area contributed by atoms with Gasteiger partial charge in [0.05, 0.1) is 16.9 Å². The summed E-state index contributed by atoms with van der Waals surface area (Å²) in [5, 5.41) is 0. The number of alkyl halides is 1. The summed E-state index contributed by atoms with van der Waals surface area (Å²) in [5.74, 6) is 2.44. The van der Waals surface area contributed by atoms with Gasteiger partial charge in [0.2, 0.25) is 0 Å². The van der Waals surface area contributed by atoms with E-state index < -0.39 is 0 Å². The molecule has 1 aliphatic rings. The van der Waals surface area contributed by atoms with Crippen molar-refractivity contribution < 1.29 is 0 Å². The molecule has 1 aromatic heterocycles. The number of nitrogens with zero attached hydrogens (tertiary/aromatic N) is 2. The van der Waals surface area contributed by atoms with E-state index in [0.717, 1.165) is 23.8 Å². The Morgan fingerprint density at radius 2 is 2.22 bits per heavy atom. The van der Waals surface area contributed by atoms with Gasteiger partial charge in [0.25, 0.3) is 0 Å². The van der Waals surface area contributed by atoms with Crippen LogP contribution in [0.4, 0.5) is 0 Å². The van der Waals surface area contributed by atoms with Gasteiger partial charge in [0.15, 0.2) is 0 Å². The van der Waals surface area contributed by atoms with Crippen molar-refractivity contribution in [2.45, 2.75) is 45.0 Å². The molecule has 0 amide bonds. The number of aryl methyl sites for hydroxylation is 2. The Labute approximate surface area is 113 Å². The molecule has 0 atom stereocenters. The summed E-state index contributed by atoms with van der Waals surface area (Å²) < 4.78 is 2.31. The summed E-state index contributed by atoms with van der Waals surface area (Å²) in [6.45, 7) is 3.19. The molecule has 0 unspecified atom stereocenters. The number of rotatable bonds is 4. The summed E-state index contributed by atoms with van der Waals surface area (Å²) >= 11 is 6.02. The van der Waals surface area contributed by atoms with Crippen molar-refractivity contribution in [2.75, 3.05) is 0 Å². The standard InChI is InChI=1S/C15H19ClN2/c1-11-5-6-13-14(9-11)18(15(10-16)17-13)8-7-12-3-2-4-12/h5-6,9,12H,2-4,7-8,10H2,1H3. The van der Waals surface area contributed by atoms with E-state index in [1.54, 1.807) is 0 Å². The third-order valence-corrected chi connectivity index (χ3v) is 4.33. The molecule has 96 valence electrons. The van der Waals surface area contributed by atoms with Crippen LogP contribution in [0.15, 0.2) is 18.2 Å². The molecular formula is C15H19ClN2. The van der Waals surface area contributed by atoms with Crippen LogP contribution in [0.25, 0.3) is 11.0 Å². The smallest absolute Gasteiger partial charge is 0.124 e. The quantitative estimate of drug-likeness (QED) is 0.753. The summed E-state index contributed by atoms with van der Waals surface area (Å²) in [5.41, 5.74) is 3.60. The Bertz CT molecular complexity index is 555. The Morgan fingerprint density at radius 3 is 2.89 bits per heavy atom. The number of imidazole rings is 1. The van der Waals surface area contributed by atoms with E-state index >= 15 is 0 Å². The first-order valence-electron chi connectivity index (χ1n) is 6.79. The van der Waals surface area contributed by atoms with Gasteiger partial charge in [0, 0.05) is 6.54 Å². The molecule has 1 aromatic carbocycles. The first-order valence-corrected chi connectivity index (χ1v) is 7.33. The lowest BCUT2D eigenvalue weighted by Crippen LogP contribution is -2.14. The molecule has 1 saturated carbocycles. The molecular weight excluding hydrogens is 244 g/mol. The maximum Gasteiger partial charge on any atom is 0.124 e. The van der Waals surface area contributed by atoms with Crippen LogP contribution >= 0.6 is 11.6 Å². The van der Waals surface area contributed by atoms with E-state index in [1.165, 1.54) is 36.8 Å². The fraction of sp³-hybridized carbons (Fsp3) is 0.533. The SMILES string of the molecule is Cc1ccc2nc(CCl)n(CCC3CCC3)c2c1. The van der Waals surface area contributed by atoms with E-state index in [4.69, 9.17) is 11.6 Å². The minimum Gasteiger partial charge on any atom is -0.327 e. The molecule has 1 heterocycles. The number of fused-ring (bicyclic) bond motifs is 1. The van der Waals surface area contributed by atoms with Crippen molar-refractivity contribution in [3.63, 3.8) is 0 Å². The summed E-state index contributed by atoms with van der Waals surface area (Å²) in [6, 6.07) is 6.43. The minimum atomic E-state index is 0.498. The number of hydrogen-bond acceptors (Lipinski definition) is 1. The third kappa shape index (κ3) is 2.14. The van der Waals surface area contributed by atoms with E-state index in [0.29, 0.717) is 5.88 Å². The highest BCUT2D eigenvalue weighted by Crippen LogP contribution is 2.30. The van der Waals surface area contributed by atoms with Gasteiger partial charge in [0.1, 0.15) is 5.82 Å². The van der Waals surface area contributed by atoms with Crippen LogP contribution < -0.4 is 0 Å². The number of hydrogen-bond donors (Lipinski definition) is 0. The largest absolute Gasteiger partial charge is 0.327 e. The Kier molecular flexibility index (Phi) is 3.29. The topological polar surface area (TPSA) is 17.8 Å². The Hall–Kier alpha value is -1.02. The van der Waals surface area contributed by atoms with Crippen molar-refractivity contribution in [3.8, 4) is 0 Å². The van der Waals surface area contributed by atoms with Crippen LogP contribution in [-0.4, -0.2) is 9.55 Å². The molecule has 0 bridgehead atoms. The molecule has 1 aliphatic carbocycles. The molecule has 1 fully saturated rings. The summed E-state index contributed by atoms with van der Waals surface area (Å²) in [7, 11) is 0. The molecule has 0 spiro atoms. The molecule has 2 nitrogen and oxygen atoms in total. The van der Waals surface area contributed by atoms with Crippen molar-refractivity contribution in [2.24, 2.45) is 5.92 Å². The second-order valence-electron chi connectivity index (χ2n) is 5.39. The van der Waals surface area contributed by atoms with Crippen molar-refractivity contribution in [1.29, 1.82) is 0 Å². The molecule has 3 heteroatoms. The maximum atomic E-state index is 6.02. The summed E-state index contributed by atoms with van der Waals surface area (Å²) in [4.78, 5) is 4.63. The fourth-order valence-electron chi connectivity index (χ4n) is 2.73. The monoisotopic (exact) mass is 262 g/mol. The molecule has 0 radical (unpaired) electrons. The average molecular weight is 263 g/mol. The van der Waals surface area contributed by atoms with E-state index in [-0.39, 0.29) is 0 Å². The predicted octanol–water partition coefficient (Wildman–Crippen LogP) is 4.27. The minimum absolute atomic E-state index is 0.498. The lowest BCUT2D eigenvalue weighted by Gasteiger charge is -2.25. The second kappa shape index (κ2) is 4.93. The van der Waals surface area contributed by atoms with Gasteiger partial charge in [-0.15, -0.1) is 11.6 Å². The average Bonchev–Trinajstić information content (AvgIpc) is 2.65. The molecule has 2 aromatic rings. The zero-order chi connectivity index (χ0) is 12.5. The highest BCUT2D eigenvalue weighted by Gasteiger charge is 2.18. The van der Waals surface area contributed by atoms with Gasteiger partial charge in [-0.3, -0.25) is 0 Å². The van der Waals surface area contributed by atoms with Crippen molar-refractivity contribution in [3.05, 3.63) is 29.6 Å². The Morgan fingerprint density at radius 1 is 1.39 bits per heavy atom. The first kappa shape index (κ1) is 12.0. The van der Waals surface area contributed by atoms with E-state index in [2.05, 4.69) is 34.7 Å². The lowest BCUT2D eigenvalue weighted by molar-refractivity contribution is 0.282. The van der Waals surface area contributed by atoms with Crippen LogP contribution in [0, 0.1) is 12.8 Å². The van der Waals surface area contributed by atoms with Crippen LogP contribution in [0.3, 0.4) is 0 Å². The molecule has 0 aliphatic heterocycles. The zero-order valence-corrected chi connectivity index (χ0v) is 11.6. The van der Waals surface area contributed by atoms with Gasteiger partial charge >= 0.3 is 0 Å². The van der Waals surface area contributed by atoms with Crippen molar-refractivity contribution in [1.82, 2.24) is 9.55 Å². The van der Waals surface area contributed by atoms with Gasteiger partial charge in [-0.05, 0) is 37.0 Å². The molecule has 3 rings (SSSR count). The maximum absolute atomic E-state index is 6.02. The zero-order valence-electron chi connectivity index (χ0n) is 10.8. The lowest BCUT2D eigenvalue weighted by atomic mass is 9.83. The summed E-state index contributed by atoms with van der Waals surface area (Å²) in [6.07, 6.45) is 5.49. The van der Waals surface area contributed by atoms with Crippen molar-refractivity contribution >= 4 is 22.6 Å². The predicted molar refractivity (Wildman–Crippen MR) is 76.0 cm³/mol. The van der Waals surface area contributed by atoms with E-state index in [9.17, 15) is 0 Å². The van der Waals surface area contributed by atoms with Crippen LogP contribution in [0.5, 0.6) is 0 Å². The molecule has 0 N–H and O–H groups in total. The molecule has 18 heavy (non-hydrogen) atoms. The van der Waals surface area contributed by atoms with E-state index in [1.807, 2.05) is 0 Å². The number of benzene rings is 1. The van der Waals surface area contributed by atoms with Gasteiger partial charge < -0.3 is 4.57 Å². The van der Waals surface area contributed by atoms with Gasteiger partial charge in [-0.2, -0.15) is 0 Å². The van der Waals surface area contributed by atoms with Gasteiger partial charge in [-0.25, -0.2) is 4.98 Å². The number of aromatic nitrogens is 2. The number of halogens is 1. The fourth-order valence-corrected chi connectivity index (χ4v) is 2.93. The highest BCUT2D eigenvalue weighted by molar-refractivity contribution is 6.16. The van der Waals surface area contributed by atoms with Gasteiger partial charge in [-0.1, -0.05) is 25.3 Å². The van der Waals surface area contributed by atoms with Crippen LogP contribution in [0.2, 0.25) is 0 Å². The first-order chi connectivity index (χ1) is 8.78. The Balaban J connectivity index is 1.92. The highest BCUT2D eigenvalue weighted by atomic mass is 35.5. The molecule has 0 saturated heterocycles. The second-order valence-corrected chi connectivity index (χ2v) is 5.66.